The summed E-state index contributed by atoms with van der Waals surface area (Å²) in [4.78, 5) is 2.63. The van der Waals surface area contributed by atoms with E-state index in [1.807, 2.05) is 30.3 Å². The predicted octanol–water partition coefficient (Wildman–Crippen LogP) is 2.32. The molecule has 1 saturated heterocycles. The molecule has 1 aliphatic rings. The minimum absolute atomic E-state index is 0.0658. The SMILES string of the molecule is FC(F)(F)N1CCN(Cc2ccccc2)CC1. The fraction of sp³-hybridized carbons (Fsp3) is 0.500. The topological polar surface area (TPSA) is 6.48 Å². The van der Waals surface area contributed by atoms with Gasteiger partial charge in [0.15, 0.2) is 0 Å². The zero-order chi connectivity index (χ0) is 12.3. The Morgan fingerprint density at radius 2 is 1.53 bits per heavy atom. The Bertz CT molecular complexity index is 343. The van der Waals surface area contributed by atoms with Gasteiger partial charge in [-0.25, -0.2) is 4.90 Å². The third-order valence-corrected chi connectivity index (χ3v) is 2.98. The molecule has 0 aliphatic carbocycles. The number of hydrogen-bond donors (Lipinski definition) is 0. The lowest BCUT2D eigenvalue weighted by molar-refractivity contribution is -0.252. The van der Waals surface area contributed by atoms with Gasteiger partial charge in [-0.05, 0) is 5.56 Å². The van der Waals surface area contributed by atoms with Crippen LogP contribution in [0.1, 0.15) is 5.56 Å². The van der Waals surface area contributed by atoms with Crippen LogP contribution in [0.4, 0.5) is 13.2 Å². The molecule has 0 atom stereocenters. The van der Waals surface area contributed by atoms with E-state index < -0.39 is 6.30 Å². The predicted molar refractivity (Wildman–Crippen MR) is 59.3 cm³/mol. The van der Waals surface area contributed by atoms with Crippen LogP contribution in [-0.2, 0) is 6.54 Å². The molecule has 1 aliphatic heterocycles. The first-order chi connectivity index (χ1) is 8.05. The molecule has 2 rings (SSSR count). The van der Waals surface area contributed by atoms with E-state index in [4.69, 9.17) is 0 Å². The van der Waals surface area contributed by atoms with Gasteiger partial charge >= 0.3 is 6.30 Å². The second-order valence-corrected chi connectivity index (χ2v) is 4.22. The van der Waals surface area contributed by atoms with Gasteiger partial charge < -0.3 is 0 Å². The van der Waals surface area contributed by atoms with Crippen LogP contribution in [0.3, 0.4) is 0 Å². The maximum atomic E-state index is 12.4. The Kier molecular flexibility index (Phi) is 3.69. The highest BCUT2D eigenvalue weighted by molar-refractivity contribution is 5.14. The summed E-state index contributed by atoms with van der Waals surface area (Å²) in [5, 5.41) is 0. The first kappa shape index (κ1) is 12.4. The molecule has 0 radical (unpaired) electrons. The van der Waals surface area contributed by atoms with Crippen LogP contribution in [0.15, 0.2) is 30.3 Å². The van der Waals surface area contributed by atoms with Crippen molar-refractivity contribution in [2.24, 2.45) is 0 Å². The normalized spacial score (nSPS) is 19.5. The number of alkyl halides is 3. The molecule has 0 amide bonds. The van der Waals surface area contributed by atoms with Gasteiger partial charge in [0.25, 0.3) is 0 Å². The second kappa shape index (κ2) is 5.06. The lowest BCUT2D eigenvalue weighted by Crippen LogP contribution is -2.51. The molecular formula is C12H15F3N2. The number of benzene rings is 1. The number of halogens is 3. The summed E-state index contributed by atoms with van der Waals surface area (Å²) < 4.78 is 37.2. The van der Waals surface area contributed by atoms with Gasteiger partial charge in [-0.15, -0.1) is 0 Å². The van der Waals surface area contributed by atoms with E-state index in [-0.39, 0.29) is 13.1 Å². The summed E-state index contributed by atoms with van der Waals surface area (Å²) >= 11 is 0. The molecular weight excluding hydrogens is 229 g/mol. The lowest BCUT2D eigenvalue weighted by Gasteiger charge is -2.35. The van der Waals surface area contributed by atoms with E-state index in [1.54, 1.807) is 0 Å². The first-order valence-corrected chi connectivity index (χ1v) is 5.64. The van der Waals surface area contributed by atoms with Gasteiger partial charge in [-0.3, -0.25) is 4.90 Å². The molecule has 1 heterocycles. The number of rotatable bonds is 2. The van der Waals surface area contributed by atoms with Gasteiger partial charge in [0.2, 0.25) is 0 Å². The second-order valence-electron chi connectivity index (χ2n) is 4.22. The van der Waals surface area contributed by atoms with Crippen LogP contribution in [0, 0.1) is 0 Å². The number of piperazine rings is 1. The van der Waals surface area contributed by atoms with Crippen molar-refractivity contribution in [1.29, 1.82) is 0 Å². The van der Waals surface area contributed by atoms with E-state index in [0.717, 1.165) is 12.1 Å². The van der Waals surface area contributed by atoms with Crippen molar-refractivity contribution in [3.05, 3.63) is 35.9 Å². The summed E-state index contributed by atoms with van der Waals surface area (Å²) in [6, 6.07) is 9.82. The summed E-state index contributed by atoms with van der Waals surface area (Å²) in [7, 11) is 0. The Morgan fingerprint density at radius 3 is 2.06 bits per heavy atom. The van der Waals surface area contributed by atoms with Gasteiger partial charge in [0, 0.05) is 32.7 Å². The molecule has 0 aromatic heterocycles. The van der Waals surface area contributed by atoms with Crippen LogP contribution >= 0.6 is 0 Å². The Hall–Kier alpha value is -1.07. The molecule has 1 aromatic carbocycles. The quantitative estimate of drug-likeness (QED) is 0.737. The van der Waals surface area contributed by atoms with Crippen molar-refractivity contribution in [3.63, 3.8) is 0 Å². The molecule has 94 valence electrons. The standard InChI is InChI=1S/C12H15F3N2/c13-12(14,15)17-8-6-16(7-9-17)10-11-4-2-1-3-5-11/h1-5H,6-10H2. The third-order valence-electron chi connectivity index (χ3n) is 2.98. The zero-order valence-electron chi connectivity index (χ0n) is 9.45. The summed E-state index contributed by atoms with van der Waals surface area (Å²) in [5.74, 6) is 0. The summed E-state index contributed by atoms with van der Waals surface area (Å²) in [6.45, 7) is 1.79. The Balaban J connectivity index is 1.84. The van der Waals surface area contributed by atoms with Crippen LogP contribution < -0.4 is 0 Å². The van der Waals surface area contributed by atoms with Gasteiger partial charge in [0.05, 0.1) is 0 Å². The van der Waals surface area contributed by atoms with E-state index in [2.05, 4.69) is 4.90 Å². The highest BCUT2D eigenvalue weighted by Crippen LogP contribution is 2.22. The summed E-state index contributed by atoms with van der Waals surface area (Å²) in [6.07, 6.45) is -4.18. The van der Waals surface area contributed by atoms with Crippen LogP contribution in [-0.4, -0.2) is 42.3 Å². The zero-order valence-corrected chi connectivity index (χ0v) is 9.45. The lowest BCUT2D eigenvalue weighted by atomic mass is 10.2. The van der Waals surface area contributed by atoms with Gasteiger partial charge in [0.1, 0.15) is 0 Å². The maximum absolute atomic E-state index is 12.4. The van der Waals surface area contributed by atoms with Crippen molar-refractivity contribution in [2.45, 2.75) is 12.8 Å². The molecule has 1 fully saturated rings. The van der Waals surface area contributed by atoms with Crippen molar-refractivity contribution in [2.75, 3.05) is 26.2 Å². The molecule has 0 N–H and O–H groups in total. The van der Waals surface area contributed by atoms with E-state index in [0.29, 0.717) is 18.0 Å². The highest BCUT2D eigenvalue weighted by atomic mass is 19.4. The minimum Gasteiger partial charge on any atom is -0.297 e. The monoisotopic (exact) mass is 244 g/mol. The van der Waals surface area contributed by atoms with Crippen LogP contribution in [0.25, 0.3) is 0 Å². The van der Waals surface area contributed by atoms with Crippen molar-refractivity contribution in [1.82, 2.24) is 9.80 Å². The van der Waals surface area contributed by atoms with Crippen LogP contribution in [0.2, 0.25) is 0 Å². The highest BCUT2D eigenvalue weighted by Gasteiger charge is 2.38. The molecule has 1 aromatic rings. The average Bonchev–Trinajstić information content (AvgIpc) is 2.30. The van der Waals surface area contributed by atoms with Gasteiger partial charge in [-0.1, -0.05) is 30.3 Å². The third kappa shape index (κ3) is 3.44. The summed E-state index contributed by atoms with van der Waals surface area (Å²) in [5.41, 5.74) is 1.15. The molecule has 0 bridgehead atoms. The fourth-order valence-electron chi connectivity index (χ4n) is 2.00. The Morgan fingerprint density at radius 1 is 0.941 bits per heavy atom. The fourth-order valence-corrected chi connectivity index (χ4v) is 2.00. The smallest absolute Gasteiger partial charge is 0.297 e. The molecule has 0 unspecified atom stereocenters. The van der Waals surface area contributed by atoms with E-state index >= 15 is 0 Å². The number of nitrogens with zero attached hydrogens (tertiary/aromatic N) is 2. The molecule has 0 spiro atoms. The van der Waals surface area contributed by atoms with Crippen molar-refractivity contribution in [3.8, 4) is 0 Å². The molecule has 5 heteroatoms. The number of hydrogen-bond acceptors (Lipinski definition) is 2. The largest absolute Gasteiger partial charge is 0.460 e. The van der Waals surface area contributed by atoms with Gasteiger partial charge in [-0.2, -0.15) is 13.2 Å². The molecule has 2 nitrogen and oxygen atoms in total. The average molecular weight is 244 g/mol. The van der Waals surface area contributed by atoms with E-state index in [9.17, 15) is 13.2 Å². The van der Waals surface area contributed by atoms with Crippen LogP contribution in [0.5, 0.6) is 0 Å². The van der Waals surface area contributed by atoms with Crippen molar-refractivity contribution >= 4 is 0 Å². The maximum Gasteiger partial charge on any atom is 0.460 e. The first-order valence-electron chi connectivity index (χ1n) is 5.64. The molecule has 0 saturated carbocycles. The van der Waals surface area contributed by atoms with Crippen molar-refractivity contribution < 1.29 is 13.2 Å². The minimum atomic E-state index is -4.18. The van der Waals surface area contributed by atoms with E-state index in [1.165, 1.54) is 0 Å². The molecule has 17 heavy (non-hydrogen) atoms. The Labute approximate surface area is 98.6 Å².